The SMILES string of the molecule is [2H]c1nc(N(C)CC2CCC(N(CCNCC(=O)OC(C)(C)C)CC(=O)OC)CC2)c([2H])c([2H])c1I. The molecule has 0 atom stereocenters. The Morgan fingerprint density at radius 2 is 1.94 bits per heavy atom. The zero-order valence-electron chi connectivity index (χ0n) is 23.4. The van der Waals surface area contributed by atoms with E-state index in [1.165, 1.54) is 7.11 Å². The number of esters is 2. The predicted octanol–water partition coefficient (Wildman–Crippen LogP) is 3.09. The number of rotatable bonds is 11. The van der Waals surface area contributed by atoms with E-state index in [0.29, 0.717) is 34.9 Å². The number of carbonyl (C=O) groups is 2. The molecular formula is C24H39IN4O4. The Labute approximate surface area is 216 Å². The highest BCUT2D eigenvalue weighted by molar-refractivity contribution is 14.1. The van der Waals surface area contributed by atoms with Crippen molar-refractivity contribution in [3.05, 3.63) is 21.8 Å². The van der Waals surface area contributed by atoms with Crippen molar-refractivity contribution in [2.75, 3.05) is 51.8 Å². The van der Waals surface area contributed by atoms with Crippen LogP contribution in [-0.2, 0) is 19.1 Å². The third-order valence-electron chi connectivity index (χ3n) is 5.60. The molecule has 1 heterocycles. The normalized spacial score (nSPS) is 20.0. The molecule has 1 aliphatic rings. The molecule has 1 saturated carbocycles. The minimum atomic E-state index is -0.521. The summed E-state index contributed by atoms with van der Waals surface area (Å²) in [6.45, 7) is 7.67. The van der Waals surface area contributed by atoms with Crippen LogP contribution in [0.25, 0.3) is 0 Å². The Hall–Kier alpha value is -1.46. The van der Waals surface area contributed by atoms with Gasteiger partial charge in [-0.15, -0.1) is 0 Å². The number of hydrogen-bond acceptors (Lipinski definition) is 8. The summed E-state index contributed by atoms with van der Waals surface area (Å²) in [6.07, 6.45) is 3.78. The number of halogens is 1. The van der Waals surface area contributed by atoms with E-state index in [4.69, 9.17) is 13.6 Å². The van der Waals surface area contributed by atoms with Gasteiger partial charge in [-0.2, -0.15) is 0 Å². The van der Waals surface area contributed by atoms with Crippen molar-refractivity contribution in [3.8, 4) is 0 Å². The summed E-state index contributed by atoms with van der Waals surface area (Å²) >= 11 is 1.89. The molecule has 9 heteroatoms. The topological polar surface area (TPSA) is 84.0 Å². The average molecular weight is 578 g/mol. The van der Waals surface area contributed by atoms with Gasteiger partial charge in [0.25, 0.3) is 0 Å². The second kappa shape index (κ2) is 13.4. The minimum absolute atomic E-state index is 0.0286. The number of aromatic nitrogens is 1. The lowest BCUT2D eigenvalue weighted by Crippen LogP contribution is -2.46. The van der Waals surface area contributed by atoms with Crippen LogP contribution in [0, 0.1) is 9.49 Å². The van der Waals surface area contributed by atoms with E-state index in [2.05, 4.69) is 15.2 Å². The van der Waals surface area contributed by atoms with Crippen LogP contribution in [-0.4, -0.2) is 80.3 Å². The molecule has 0 unspecified atom stereocenters. The Bertz CT molecular complexity index is 908. The molecule has 1 fully saturated rings. The number of anilines is 1. The van der Waals surface area contributed by atoms with Crippen LogP contribution in [0.2, 0.25) is 0 Å². The van der Waals surface area contributed by atoms with Crippen LogP contribution >= 0.6 is 22.6 Å². The summed E-state index contributed by atoms with van der Waals surface area (Å²) < 4.78 is 34.9. The maximum atomic E-state index is 12.0. The first-order valence-corrected chi connectivity index (χ1v) is 12.5. The number of methoxy groups -OCH3 is 1. The maximum absolute atomic E-state index is 12.0. The van der Waals surface area contributed by atoms with Gasteiger partial charge in [-0.3, -0.25) is 14.5 Å². The van der Waals surface area contributed by atoms with Gasteiger partial charge < -0.3 is 19.7 Å². The summed E-state index contributed by atoms with van der Waals surface area (Å²) in [5.41, 5.74) is -0.521. The van der Waals surface area contributed by atoms with Gasteiger partial charge in [0, 0.05) is 42.5 Å². The van der Waals surface area contributed by atoms with Gasteiger partial charge >= 0.3 is 11.9 Å². The lowest BCUT2D eigenvalue weighted by molar-refractivity contribution is -0.153. The van der Waals surface area contributed by atoms with Gasteiger partial charge in [-0.1, -0.05) is 0 Å². The molecule has 8 nitrogen and oxygen atoms in total. The van der Waals surface area contributed by atoms with E-state index in [1.54, 1.807) is 0 Å². The Morgan fingerprint density at radius 1 is 1.24 bits per heavy atom. The number of nitrogens with one attached hydrogen (secondary N) is 1. The molecule has 1 aliphatic carbocycles. The Kier molecular flexibility index (Phi) is 9.48. The van der Waals surface area contributed by atoms with E-state index >= 15 is 0 Å². The highest BCUT2D eigenvalue weighted by Crippen LogP contribution is 2.29. The van der Waals surface area contributed by atoms with Crippen molar-refractivity contribution in [1.29, 1.82) is 0 Å². The number of nitrogens with zero attached hydrogens (tertiary/aromatic N) is 3. The fourth-order valence-electron chi connectivity index (χ4n) is 4.03. The van der Waals surface area contributed by atoms with Gasteiger partial charge in [0.1, 0.15) is 11.4 Å². The van der Waals surface area contributed by atoms with Crippen LogP contribution in [0.4, 0.5) is 5.82 Å². The van der Waals surface area contributed by atoms with E-state index in [1.807, 2.05) is 55.3 Å². The van der Waals surface area contributed by atoms with Crippen molar-refractivity contribution in [2.45, 2.75) is 58.1 Å². The van der Waals surface area contributed by atoms with Crippen molar-refractivity contribution in [2.24, 2.45) is 5.92 Å². The number of pyridine rings is 1. The molecule has 0 amide bonds. The largest absolute Gasteiger partial charge is 0.468 e. The fraction of sp³-hybridized carbons (Fsp3) is 0.708. The third kappa shape index (κ3) is 10.6. The van der Waals surface area contributed by atoms with Crippen LogP contribution in [0.15, 0.2) is 18.3 Å². The maximum Gasteiger partial charge on any atom is 0.320 e. The molecule has 1 aromatic heterocycles. The zero-order valence-corrected chi connectivity index (χ0v) is 22.5. The molecule has 33 heavy (non-hydrogen) atoms. The second-order valence-electron chi connectivity index (χ2n) is 9.48. The van der Waals surface area contributed by atoms with E-state index in [0.717, 1.165) is 25.7 Å². The second-order valence-corrected chi connectivity index (χ2v) is 10.6. The van der Waals surface area contributed by atoms with Gasteiger partial charge in [0.2, 0.25) is 0 Å². The molecule has 0 saturated heterocycles. The van der Waals surface area contributed by atoms with Crippen molar-refractivity contribution >= 4 is 40.3 Å². The van der Waals surface area contributed by atoms with E-state index in [9.17, 15) is 9.59 Å². The predicted molar refractivity (Wildman–Crippen MR) is 138 cm³/mol. The Balaban J connectivity index is 1.89. The first-order chi connectivity index (χ1) is 16.8. The van der Waals surface area contributed by atoms with Gasteiger partial charge in [0.05, 0.1) is 24.3 Å². The number of carbonyl (C=O) groups excluding carboxylic acids is 2. The average Bonchev–Trinajstić information content (AvgIpc) is 2.81. The lowest BCUT2D eigenvalue weighted by Gasteiger charge is -2.37. The molecule has 0 spiro atoms. The fourth-order valence-corrected chi connectivity index (χ4v) is 4.28. The smallest absolute Gasteiger partial charge is 0.320 e. The molecular weight excluding hydrogens is 535 g/mol. The van der Waals surface area contributed by atoms with Crippen molar-refractivity contribution in [1.82, 2.24) is 15.2 Å². The summed E-state index contributed by atoms with van der Waals surface area (Å²) in [5.74, 6) is 0.172. The van der Waals surface area contributed by atoms with Crippen LogP contribution in [0.3, 0.4) is 0 Å². The summed E-state index contributed by atoms with van der Waals surface area (Å²) in [7, 11) is 3.25. The van der Waals surface area contributed by atoms with Crippen molar-refractivity contribution in [3.63, 3.8) is 0 Å². The molecule has 0 bridgehead atoms. The lowest BCUT2D eigenvalue weighted by atomic mass is 9.85. The van der Waals surface area contributed by atoms with Crippen LogP contribution in [0.1, 0.15) is 50.6 Å². The molecule has 1 aromatic rings. The number of ether oxygens (including phenoxy) is 2. The Morgan fingerprint density at radius 3 is 2.58 bits per heavy atom. The monoisotopic (exact) mass is 577 g/mol. The molecule has 0 aromatic carbocycles. The van der Waals surface area contributed by atoms with E-state index in [-0.39, 0.29) is 49.3 Å². The molecule has 186 valence electrons. The molecule has 2 rings (SSSR count). The first-order valence-electron chi connectivity index (χ1n) is 12.9. The van der Waals surface area contributed by atoms with Gasteiger partial charge in [0.15, 0.2) is 0 Å². The zero-order chi connectivity index (χ0) is 27.0. The van der Waals surface area contributed by atoms with Gasteiger partial charge in [-0.25, -0.2) is 4.98 Å². The van der Waals surface area contributed by atoms with Gasteiger partial charge in [-0.05, 0) is 87.0 Å². The highest BCUT2D eigenvalue weighted by Gasteiger charge is 2.28. The summed E-state index contributed by atoms with van der Waals surface area (Å²) in [5, 5.41) is 3.11. The molecule has 0 aliphatic heterocycles. The first kappa shape index (κ1) is 23.3. The van der Waals surface area contributed by atoms with Crippen molar-refractivity contribution < 1.29 is 23.2 Å². The number of hydrogen-bond donors (Lipinski definition) is 1. The molecule has 0 radical (unpaired) electrons. The summed E-state index contributed by atoms with van der Waals surface area (Å²) in [6, 6.07) is 0.325. The summed E-state index contributed by atoms with van der Waals surface area (Å²) in [4.78, 5) is 32.2. The minimum Gasteiger partial charge on any atom is -0.468 e. The molecule has 1 N–H and O–H groups in total. The highest BCUT2D eigenvalue weighted by atomic mass is 127. The standard InChI is InChI=1S/C24H39IN4O4/c1-24(2,3)33-22(30)15-26-12-13-29(17-23(31)32-5)20-9-6-18(7-10-20)16-28(4)21-11-8-19(25)14-27-21/h8,11,14,18,20,26H,6-7,9-10,12-13,15-17H2,1-5H3/i8D,11D,14D. The quantitative estimate of drug-likeness (QED) is 0.244. The van der Waals surface area contributed by atoms with E-state index < -0.39 is 5.60 Å². The van der Waals surface area contributed by atoms with Crippen LogP contribution in [0.5, 0.6) is 0 Å². The third-order valence-corrected chi connectivity index (χ3v) is 6.11. The van der Waals surface area contributed by atoms with Crippen LogP contribution < -0.4 is 10.2 Å².